The SMILES string of the molecule is BC(=O)c1c(O)[nH]c2ncccc2c1=O. The number of rotatable bonds is 1. The maximum Gasteiger partial charge on any atom is 0.204 e. The molecule has 2 aromatic rings. The molecule has 6 heteroatoms. The van der Waals surface area contributed by atoms with E-state index in [0.717, 1.165) is 0 Å². The number of carbonyl (C=O) groups excluding carboxylic acids is 1. The molecule has 2 rings (SSSR count). The maximum absolute atomic E-state index is 11.7. The predicted molar refractivity (Wildman–Crippen MR) is 56.9 cm³/mol. The second-order valence-corrected chi connectivity index (χ2v) is 3.13. The van der Waals surface area contributed by atoms with Gasteiger partial charge in [-0.25, -0.2) is 4.98 Å². The van der Waals surface area contributed by atoms with E-state index < -0.39 is 17.0 Å². The van der Waals surface area contributed by atoms with E-state index in [9.17, 15) is 14.7 Å². The van der Waals surface area contributed by atoms with Crippen LogP contribution in [0.3, 0.4) is 0 Å². The summed E-state index contributed by atoms with van der Waals surface area (Å²) in [6.45, 7) is 0. The van der Waals surface area contributed by atoms with Crippen molar-refractivity contribution in [1.82, 2.24) is 9.97 Å². The minimum absolute atomic E-state index is 0.226. The van der Waals surface area contributed by atoms with E-state index in [0.29, 0.717) is 5.39 Å². The highest BCUT2D eigenvalue weighted by molar-refractivity contribution is 6.62. The van der Waals surface area contributed by atoms with E-state index in [2.05, 4.69) is 9.97 Å². The molecule has 2 heterocycles. The highest BCUT2D eigenvalue weighted by Gasteiger charge is 2.14. The number of hydrogen-bond donors (Lipinski definition) is 2. The van der Waals surface area contributed by atoms with Crippen LogP contribution in [0.1, 0.15) is 10.4 Å². The van der Waals surface area contributed by atoms with E-state index in [1.165, 1.54) is 14.0 Å². The number of carbonyl (C=O) groups is 1. The molecule has 2 N–H and O–H groups in total. The van der Waals surface area contributed by atoms with Crippen molar-refractivity contribution in [2.75, 3.05) is 0 Å². The molecular weight excluding hydrogens is 195 g/mol. The first-order chi connectivity index (χ1) is 7.11. The molecule has 0 saturated carbocycles. The number of aromatic hydroxyl groups is 1. The number of nitrogens with zero attached hydrogens (tertiary/aromatic N) is 1. The van der Waals surface area contributed by atoms with Gasteiger partial charge in [0.05, 0.1) is 5.39 Å². The molecule has 0 saturated heterocycles. The first-order valence-corrected chi connectivity index (χ1v) is 4.32. The van der Waals surface area contributed by atoms with E-state index in [1.807, 2.05) is 0 Å². The van der Waals surface area contributed by atoms with E-state index in [1.54, 1.807) is 12.1 Å². The van der Waals surface area contributed by atoms with Crippen LogP contribution < -0.4 is 5.43 Å². The lowest BCUT2D eigenvalue weighted by atomic mass is 9.94. The smallest absolute Gasteiger partial charge is 0.204 e. The van der Waals surface area contributed by atoms with Crippen LogP contribution in [-0.4, -0.2) is 28.6 Å². The Morgan fingerprint density at radius 3 is 2.93 bits per heavy atom. The lowest BCUT2D eigenvalue weighted by Crippen LogP contribution is -2.16. The number of H-pyrrole nitrogens is 1. The van der Waals surface area contributed by atoms with Crippen molar-refractivity contribution in [3.8, 4) is 5.88 Å². The van der Waals surface area contributed by atoms with Crippen LogP contribution in [0.15, 0.2) is 23.1 Å². The van der Waals surface area contributed by atoms with Gasteiger partial charge in [-0.15, -0.1) is 0 Å². The van der Waals surface area contributed by atoms with Gasteiger partial charge in [-0.2, -0.15) is 0 Å². The summed E-state index contributed by atoms with van der Waals surface area (Å²) in [4.78, 5) is 29.3. The molecule has 0 unspecified atom stereocenters. The van der Waals surface area contributed by atoms with E-state index >= 15 is 0 Å². The van der Waals surface area contributed by atoms with Gasteiger partial charge in [0.2, 0.25) is 11.3 Å². The number of pyridine rings is 2. The van der Waals surface area contributed by atoms with Crippen LogP contribution in [0.2, 0.25) is 0 Å². The molecule has 0 amide bonds. The molecule has 0 bridgehead atoms. The Labute approximate surface area is 85.2 Å². The summed E-state index contributed by atoms with van der Waals surface area (Å²) in [5, 5.41) is 9.74. The Bertz CT molecular complexity index is 606. The maximum atomic E-state index is 11.7. The quantitative estimate of drug-likeness (QED) is 0.605. The minimum atomic E-state index is -0.498. The van der Waals surface area contributed by atoms with Crippen LogP contribution >= 0.6 is 0 Å². The first kappa shape index (κ1) is 9.45. The van der Waals surface area contributed by atoms with Gasteiger partial charge in [-0.3, -0.25) is 4.79 Å². The van der Waals surface area contributed by atoms with E-state index in [-0.39, 0.29) is 11.2 Å². The van der Waals surface area contributed by atoms with Gasteiger partial charge in [0.15, 0.2) is 7.85 Å². The van der Waals surface area contributed by atoms with E-state index in [4.69, 9.17) is 0 Å². The molecule has 0 aliphatic carbocycles. The highest BCUT2D eigenvalue weighted by Crippen LogP contribution is 2.13. The number of fused-ring (bicyclic) bond motifs is 1. The fourth-order valence-electron chi connectivity index (χ4n) is 1.43. The molecule has 0 aliphatic rings. The fourth-order valence-corrected chi connectivity index (χ4v) is 1.43. The first-order valence-electron chi connectivity index (χ1n) is 4.32. The van der Waals surface area contributed by atoms with Crippen molar-refractivity contribution >= 4 is 24.6 Å². The summed E-state index contributed by atoms with van der Waals surface area (Å²) < 4.78 is 0. The molecule has 74 valence electrons. The molecule has 0 aliphatic heterocycles. The van der Waals surface area contributed by atoms with Crippen molar-refractivity contribution in [2.45, 2.75) is 0 Å². The monoisotopic (exact) mass is 202 g/mol. The van der Waals surface area contributed by atoms with Gasteiger partial charge in [0, 0.05) is 6.20 Å². The molecule has 0 atom stereocenters. The Morgan fingerprint density at radius 2 is 2.27 bits per heavy atom. The molecule has 0 aromatic carbocycles. The van der Waals surface area contributed by atoms with Crippen molar-refractivity contribution in [3.63, 3.8) is 0 Å². The number of hydrogen-bond acceptors (Lipinski definition) is 4. The van der Waals surface area contributed by atoms with Crippen molar-refractivity contribution < 1.29 is 9.90 Å². The van der Waals surface area contributed by atoms with Crippen molar-refractivity contribution in [2.24, 2.45) is 0 Å². The zero-order valence-electron chi connectivity index (χ0n) is 7.94. The Kier molecular flexibility index (Phi) is 2.04. The summed E-state index contributed by atoms with van der Waals surface area (Å²) in [5.74, 6) is -0.432. The molecule has 2 aromatic heterocycles. The third kappa shape index (κ3) is 1.39. The number of aromatic amines is 1. The highest BCUT2D eigenvalue weighted by atomic mass is 16.3. The van der Waals surface area contributed by atoms with Gasteiger partial charge in [-0.1, -0.05) is 0 Å². The summed E-state index contributed by atoms with van der Waals surface area (Å²) in [7, 11) is 1.23. The number of nitrogens with one attached hydrogen (secondary N) is 1. The topological polar surface area (TPSA) is 83.0 Å². The van der Waals surface area contributed by atoms with Gasteiger partial charge in [-0.05, 0) is 12.1 Å². The largest absolute Gasteiger partial charge is 0.494 e. The summed E-state index contributed by atoms with van der Waals surface area (Å²) in [6, 6.07) is 3.14. The average Bonchev–Trinajstić information content (AvgIpc) is 2.17. The van der Waals surface area contributed by atoms with Gasteiger partial charge < -0.3 is 14.9 Å². The third-order valence-electron chi connectivity index (χ3n) is 2.11. The van der Waals surface area contributed by atoms with Gasteiger partial charge >= 0.3 is 0 Å². The lowest BCUT2D eigenvalue weighted by Gasteiger charge is -2.02. The molecule has 0 radical (unpaired) electrons. The van der Waals surface area contributed by atoms with Crippen LogP contribution in [0.5, 0.6) is 5.88 Å². The van der Waals surface area contributed by atoms with Crippen LogP contribution in [-0.2, 0) is 0 Å². The van der Waals surface area contributed by atoms with Gasteiger partial charge in [0.1, 0.15) is 16.9 Å². The summed E-state index contributed by atoms with van der Waals surface area (Å²) in [6.07, 6.45) is 1.49. The fraction of sp³-hybridized carbons (Fsp3) is 0. The Balaban J connectivity index is 2.97. The van der Waals surface area contributed by atoms with Gasteiger partial charge in [0.25, 0.3) is 0 Å². The molecule has 15 heavy (non-hydrogen) atoms. The summed E-state index contributed by atoms with van der Waals surface area (Å²) in [5.41, 5.74) is -0.929. The van der Waals surface area contributed by atoms with Crippen LogP contribution in [0.4, 0.5) is 0 Å². The second-order valence-electron chi connectivity index (χ2n) is 3.13. The Morgan fingerprint density at radius 1 is 1.53 bits per heavy atom. The van der Waals surface area contributed by atoms with Crippen molar-refractivity contribution in [3.05, 3.63) is 34.1 Å². The molecule has 0 spiro atoms. The third-order valence-corrected chi connectivity index (χ3v) is 2.11. The molecule has 0 fully saturated rings. The van der Waals surface area contributed by atoms with Crippen LogP contribution in [0.25, 0.3) is 11.0 Å². The summed E-state index contributed by atoms with van der Waals surface area (Å²) >= 11 is 0. The molecule has 5 nitrogen and oxygen atoms in total. The minimum Gasteiger partial charge on any atom is -0.494 e. The molecular formula is C9H7BN2O3. The zero-order chi connectivity index (χ0) is 11.0. The normalized spacial score (nSPS) is 10.4. The Hall–Kier alpha value is -2.11. The predicted octanol–water partition coefficient (Wildman–Crippen LogP) is -0.598. The lowest BCUT2D eigenvalue weighted by molar-refractivity contribution is 0.107. The second kappa shape index (κ2) is 3.23. The number of aromatic nitrogens is 2. The van der Waals surface area contributed by atoms with Crippen molar-refractivity contribution in [1.29, 1.82) is 0 Å². The standard InChI is InChI=1S/C9H7BN2O3/c10-7(14)5-6(13)4-2-1-3-11-8(4)12-9(5)15/h1-3H,10H2,(H2,11,12,13,15). The zero-order valence-corrected chi connectivity index (χ0v) is 7.94. The van der Waals surface area contributed by atoms with Crippen LogP contribution in [0, 0.1) is 0 Å². The average molecular weight is 202 g/mol.